The number of hydrogen-bond acceptors (Lipinski definition) is 5. The SMILES string of the molecule is CC(C)(C)c1noc(-c2ccccc2C(=O)NC(CF)C(=O)O)n1. The van der Waals surface area contributed by atoms with Gasteiger partial charge in [-0.25, -0.2) is 9.18 Å². The van der Waals surface area contributed by atoms with E-state index in [4.69, 9.17) is 9.63 Å². The fourth-order valence-corrected chi connectivity index (χ4v) is 1.91. The Morgan fingerprint density at radius 1 is 1.33 bits per heavy atom. The van der Waals surface area contributed by atoms with Crippen molar-refractivity contribution in [2.75, 3.05) is 6.67 Å². The van der Waals surface area contributed by atoms with Gasteiger partial charge in [-0.1, -0.05) is 38.1 Å². The number of carboxylic acid groups (broad SMARTS) is 1. The number of rotatable bonds is 5. The maximum absolute atomic E-state index is 12.7. The zero-order valence-corrected chi connectivity index (χ0v) is 13.5. The summed E-state index contributed by atoms with van der Waals surface area (Å²) in [6, 6.07) is 4.74. The van der Waals surface area contributed by atoms with Crippen LogP contribution in [0.1, 0.15) is 37.0 Å². The Balaban J connectivity index is 2.35. The van der Waals surface area contributed by atoms with Crippen LogP contribution >= 0.6 is 0 Å². The molecule has 2 aromatic rings. The van der Waals surface area contributed by atoms with E-state index in [2.05, 4.69) is 15.5 Å². The van der Waals surface area contributed by atoms with Crippen molar-refractivity contribution in [2.45, 2.75) is 32.2 Å². The molecule has 0 radical (unpaired) electrons. The Kier molecular flexibility index (Phi) is 4.96. The number of nitrogens with zero attached hydrogens (tertiary/aromatic N) is 2. The summed E-state index contributed by atoms with van der Waals surface area (Å²) in [6.07, 6.45) is 0. The van der Waals surface area contributed by atoms with Crippen LogP contribution in [0.4, 0.5) is 4.39 Å². The zero-order valence-electron chi connectivity index (χ0n) is 13.5. The summed E-state index contributed by atoms with van der Waals surface area (Å²) in [5.41, 5.74) is 0.143. The Hall–Kier alpha value is -2.77. The van der Waals surface area contributed by atoms with Crippen LogP contribution in [0, 0.1) is 0 Å². The van der Waals surface area contributed by atoms with E-state index in [-0.39, 0.29) is 16.9 Å². The van der Waals surface area contributed by atoms with Gasteiger partial charge in [0.1, 0.15) is 6.67 Å². The second-order valence-electron chi connectivity index (χ2n) is 6.24. The van der Waals surface area contributed by atoms with E-state index in [9.17, 15) is 14.0 Å². The van der Waals surface area contributed by atoms with E-state index in [1.54, 1.807) is 18.2 Å². The molecule has 0 saturated heterocycles. The summed E-state index contributed by atoms with van der Waals surface area (Å²) in [6.45, 7) is 4.54. The zero-order chi connectivity index (χ0) is 17.9. The van der Waals surface area contributed by atoms with Crippen LogP contribution in [0.5, 0.6) is 0 Å². The lowest BCUT2D eigenvalue weighted by atomic mass is 9.96. The monoisotopic (exact) mass is 335 g/mol. The first-order valence-corrected chi connectivity index (χ1v) is 7.27. The molecule has 0 saturated carbocycles. The summed E-state index contributed by atoms with van der Waals surface area (Å²) in [5, 5.41) is 14.9. The highest BCUT2D eigenvalue weighted by Gasteiger charge is 2.25. The third-order valence-corrected chi connectivity index (χ3v) is 3.26. The third kappa shape index (κ3) is 3.76. The van der Waals surface area contributed by atoms with E-state index in [0.717, 1.165) is 0 Å². The molecule has 1 aromatic carbocycles. The maximum Gasteiger partial charge on any atom is 0.328 e. The number of amides is 1. The molecule has 0 aliphatic heterocycles. The number of hydrogen-bond donors (Lipinski definition) is 2. The molecule has 8 heteroatoms. The van der Waals surface area contributed by atoms with E-state index in [1.165, 1.54) is 6.07 Å². The first-order valence-electron chi connectivity index (χ1n) is 7.27. The molecule has 0 spiro atoms. The van der Waals surface area contributed by atoms with Gasteiger partial charge in [-0.3, -0.25) is 4.79 Å². The first kappa shape index (κ1) is 17.6. The molecule has 0 aliphatic rings. The molecule has 1 unspecified atom stereocenters. The smallest absolute Gasteiger partial charge is 0.328 e. The molecule has 24 heavy (non-hydrogen) atoms. The number of carbonyl (C=O) groups is 2. The van der Waals surface area contributed by atoms with Gasteiger partial charge in [0.2, 0.25) is 0 Å². The van der Waals surface area contributed by atoms with Gasteiger partial charge in [0.15, 0.2) is 11.9 Å². The van der Waals surface area contributed by atoms with Crippen molar-refractivity contribution < 1.29 is 23.6 Å². The Morgan fingerprint density at radius 2 is 2.00 bits per heavy atom. The Morgan fingerprint density at radius 3 is 2.54 bits per heavy atom. The molecular weight excluding hydrogens is 317 g/mol. The molecule has 0 aliphatic carbocycles. The van der Waals surface area contributed by atoms with Gasteiger partial charge in [-0.2, -0.15) is 4.98 Å². The molecule has 2 N–H and O–H groups in total. The van der Waals surface area contributed by atoms with Gasteiger partial charge in [-0.15, -0.1) is 0 Å². The van der Waals surface area contributed by atoms with Crippen molar-refractivity contribution in [1.29, 1.82) is 0 Å². The molecular formula is C16H18FN3O4. The summed E-state index contributed by atoms with van der Waals surface area (Å²) < 4.78 is 17.9. The molecule has 0 bridgehead atoms. The van der Waals surface area contributed by atoms with Gasteiger partial charge in [0.25, 0.3) is 11.8 Å². The minimum Gasteiger partial charge on any atom is -0.480 e. The van der Waals surface area contributed by atoms with Crippen LogP contribution in [-0.4, -0.2) is 39.8 Å². The summed E-state index contributed by atoms with van der Waals surface area (Å²) >= 11 is 0. The topological polar surface area (TPSA) is 105 Å². The maximum atomic E-state index is 12.7. The predicted octanol–water partition coefficient (Wildman–Crippen LogP) is 2.19. The molecule has 128 valence electrons. The second kappa shape index (κ2) is 6.77. The number of halogens is 1. The normalized spacial score (nSPS) is 12.7. The standard InChI is InChI=1S/C16H18FN3O4/c1-16(2,3)15-19-13(24-20-15)10-7-5-4-6-9(10)12(21)18-11(8-17)14(22)23/h4-7,11H,8H2,1-3H3,(H,18,21)(H,22,23). The molecule has 2 rings (SSSR count). The highest BCUT2D eigenvalue weighted by atomic mass is 19.1. The van der Waals surface area contributed by atoms with Gasteiger partial charge >= 0.3 is 5.97 Å². The number of carboxylic acids is 1. The first-order chi connectivity index (χ1) is 11.2. The average Bonchev–Trinajstić information content (AvgIpc) is 3.02. The fourth-order valence-electron chi connectivity index (χ4n) is 1.91. The number of benzene rings is 1. The lowest BCUT2D eigenvalue weighted by Gasteiger charge is -2.12. The highest BCUT2D eigenvalue weighted by Crippen LogP contribution is 2.26. The number of carbonyl (C=O) groups excluding carboxylic acids is 1. The van der Waals surface area contributed by atoms with Gasteiger partial charge in [0.05, 0.1) is 11.1 Å². The van der Waals surface area contributed by atoms with E-state index < -0.39 is 24.6 Å². The van der Waals surface area contributed by atoms with Crippen LogP contribution < -0.4 is 5.32 Å². The summed E-state index contributed by atoms with van der Waals surface area (Å²) in [5.74, 6) is -1.57. The lowest BCUT2D eigenvalue weighted by Crippen LogP contribution is -2.42. The Labute approximate surface area is 137 Å². The van der Waals surface area contributed by atoms with Gasteiger partial charge in [-0.05, 0) is 12.1 Å². The second-order valence-corrected chi connectivity index (χ2v) is 6.24. The number of alkyl halides is 1. The number of aromatic nitrogens is 2. The van der Waals surface area contributed by atoms with Gasteiger partial charge in [0, 0.05) is 5.41 Å². The summed E-state index contributed by atoms with van der Waals surface area (Å²) in [4.78, 5) is 27.4. The van der Waals surface area contributed by atoms with Crippen molar-refractivity contribution in [3.8, 4) is 11.5 Å². The van der Waals surface area contributed by atoms with E-state index in [0.29, 0.717) is 11.4 Å². The van der Waals surface area contributed by atoms with Crippen LogP contribution in [0.3, 0.4) is 0 Å². The quantitative estimate of drug-likeness (QED) is 0.867. The van der Waals surface area contributed by atoms with Crippen LogP contribution in [-0.2, 0) is 10.2 Å². The highest BCUT2D eigenvalue weighted by molar-refractivity contribution is 6.01. The average molecular weight is 335 g/mol. The number of aliphatic carboxylic acids is 1. The lowest BCUT2D eigenvalue weighted by molar-refractivity contribution is -0.139. The molecule has 1 atom stereocenters. The molecule has 1 heterocycles. The summed E-state index contributed by atoms with van der Waals surface area (Å²) in [7, 11) is 0. The van der Waals surface area contributed by atoms with Crippen LogP contribution in [0.2, 0.25) is 0 Å². The fraction of sp³-hybridized carbons (Fsp3) is 0.375. The minimum absolute atomic E-state index is 0.126. The molecule has 1 aromatic heterocycles. The number of nitrogens with one attached hydrogen (secondary N) is 1. The van der Waals surface area contributed by atoms with Crippen molar-refractivity contribution in [1.82, 2.24) is 15.5 Å². The van der Waals surface area contributed by atoms with Crippen molar-refractivity contribution in [3.63, 3.8) is 0 Å². The van der Waals surface area contributed by atoms with Crippen molar-refractivity contribution >= 4 is 11.9 Å². The van der Waals surface area contributed by atoms with Crippen molar-refractivity contribution in [2.24, 2.45) is 0 Å². The molecule has 7 nitrogen and oxygen atoms in total. The molecule has 0 fully saturated rings. The van der Waals surface area contributed by atoms with E-state index in [1.807, 2.05) is 20.8 Å². The van der Waals surface area contributed by atoms with Crippen molar-refractivity contribution in [3.05, 3.63) is 35.7 Å². The van der Waals surface area contributed by atoms with Gasteiger partial charge < -0.3 is 14.9 Å². The third-order valence-electron chi connectivity index (χ3n) is 3.26. The Bertz CT molecular complexity index is 752. The molecule has 1 amide bonds. The minimum atomic E-state index is -1.61. The predicted molar refractivity (Wildman–Crippen MR) is 83.3 cm³/mol. The largest absolute Gasteiger partial charge is 0.480 e. The van der Waals surface area contributed by atoms with Crippen LogP contribution in [0.25, 0.3) is 11.5 Å². The van der Waals surface area contributed by atoms with Crippen LogP contribution in [0.15, 0.2) is 28.8 Å². The van der Waals surface area contributed by atoms with E-state index >= 15 is 0 Å².